The third-order valence-corrected chi connectivity index (χ3v) is 3.69. The predicted octanol–water partition coefficient (Wildman–Crippen LogP) is 3.02. The van der Waals surface area contributed by atoms with Crippen LogP contribution in [0.3, 0.4) is 0 Å². The molecular formula is C16H27NO3. The molecule has 0 unspecified atom stereocenters. The summed E-state index contributed by atoms with van der Waals surface area (Å²) in [6.07, 6.45) is 2.93. The van der Waals surface area contributed by atoms with Crippen LogP contribution in [0, 0.1) is 5.41 Å². The van der Waals surface area contributed by atoms with Crippen LogP contribution < -0.4 is 19.9 Å². The first-order valence-corrected chi connectivity index (χ1v) is 6.96. The molecule has 20 heavy (non-hydrogen) atoms. The lowest BCUT2D eigenvalue weighted by Crippen LogP contribution is -2.18. The van der Waals surface area contributed by atoms with Gasteiger partial charge in [-0.3, -0.25) is 0 Å². The lowest BCUT2D eigenvalue weighted by Gasteiger charge is -2.25. The maximum absolute atomic E-state index is 5.67. The van der Waals surface area contributed by atoms with Crippen LogP contribution in [0.25, 0.3) is 0 Å². The molecular weight excluding hydrogens is 254 g/mol. The highest BCUT2D eigenvalue weighted by Crippen LogP contribution is 2.37. The van der Waals surface area contributed by atoms with Crippen molar-refractivity contribution in [1.82, 2.24) is 0 Å². The average molecular weight is 281 g/mol. The summed E-state index contributed by atoms with van der Waals surface area (Å²) < 4.78 is 16.2. The molecule has 114 valence electrons. The molecule has 0 heterocycles. The zero-order chi connectivity index (χ0) is 15.2. The largest absolute Gasteiger partial charge is 0.496 e. The minimum atomic E-state index is 0.213. The van der Waals surface area contributed by atoms with E-state index in [1.54, 1.807) is 21.3 Å². The Bertz CT molecular complexity index is 405. The smallest absolute Gasteiger partial charge is 0.129 e. The van der Waals surface area contributed by atoms with Crippen LogP contribution in [0.15, 0.2) is 12.1 Å². The van der Waals surface area contributed by atoms with Crippen molar-refractivity contribution in [1.29, 1.82) is 0 Å². The standard InChI is InChI=1S/C16H27NO3/c1-16(2,8-9-17)7-6-13-14(19-4)10-12(18-3)11-15(13)20-5/h10-11H,6-9,17H2,1-5H3. The second-order valence-corrected chi connectivity index (χ2v) is 5.71. The van der Waals surface area contributed by atoms with Crippen molar-refractivity contribution in [3.63, 3.8) is 0 Å². The van der Waals surface area contributed by atoms with Crippen molar-refractivity contribution in [3.8, 4) is 17.2 Å². The van der Waals surface area contributed by atoms with E-state index in [4.69, 9.17) is 19.9 Å². The van der Waals surface area contributed by atoms with Gasteiger partial charge in [0.25, 0.3) is 0 Å². The van der Waals surface area contributed by atoms with Crippen molar-refractivity contribution in [3.05, 3.63) is 17.7 Å². The minimum Gasteiger partial charge on any atom is -0.496 e. The summed E-state index contributed by atoms with van der Waals surface area (Å²) in [7, 11) is 4.98. The molecule has 0 aliphatic heterocycles. The molecule has 0 saturated heterocycles. The molecule has 0 bridgehead atoms. The molecule has 4 nitrogen and oxygen atoms in total. The third-order valence-electron chi connectivity index (χ3n) is 3.69. The first kappa shape index (κ1) is 16.6. The molecule has 1 aromatic carbocycles. The highest BCUT2D eigenvalue weighted by molar-refractivity contribution is 5.50. The first-order valence-electron chi connectivity index (χ1n) is 6.96. The Morgan fingerprint density at radius 2 is 1.50 bits per heavy atom. The SMILES string of the molecule is COc1cc(OC)c(CCC(C)(C)CCN)c(OC)c1. The van der Waals surface area contributed by atoms with E-state index in [1.807, 2.05) is 12.1 Å². The van der Waals surface area contributed by atoms with Gasteiger partial charge in [-0.1, -0.05) is 13.8 Å². The van der Waals surface area contributed by atoms with Crippen LogP contribution in [0.2, 0.25) is 0 Å². The van der Waals surface area contributed by atoms with Gasteiger partial charge in [0, 0.05) is 17.7 Å². The highest BCUT2D eigenvalue weighted by Gasteiger charge is 2.20. The van der Waals surface area contributed by atoms with Gasteiger partial charge in [-0.25, -0.2) is 0 Å². The quantitative estimate of drug-likeness (QED) is 0.796. The number of ether oxygens (including phenoxy) is 3. The predicted molar refractivity (Wildman–Crippen MR) is 81.9 cm³/mol. The van der Waals surface area contributed by atoms with Gasteiger partial charge in [-0.15, -0.1) is 0 Å². The van der Waals surface area contributed by atoms with Crippen molar-refractivity contribution in [2.45, 2.75) is 33.1 Å². The zero-order valence-corrected chi connectivity index (χ0v) is 13.3. The normalized spacial score (nSPS) is 11.3. The lowest BCUT2D eigenvalue weighted by molar-refractivity contribution is 0.306. The fourth-order valence-corrected chi connectivity index (χ4v) is 2.30. The molecule has 0 saturated carbocycles. The fourth-order valence-electron chi connectivity index (χ4n) is 2.30. The maximum atomic E-state index is 5.67. The maximum Gasteiger partial charge on any atom is 0.129 e. The van der Waals surface area contributed by atoms with Gasteiger partial charge >= 0.3 is 0 Å². The summed E-state index contributed by atoms with van der Waals surface area (Å²) in [5, 5.41) is 0. The molecule has 0 radical (unpaired) electrons. The molecule has 0 fully saturated rings. The van der Waals surface area contributed by atoms with Gasteiger partial charge in [0.05, 0.1) is 21.3 Å². The van der Waals surface area contributed by atoms with Gasteiger partial charge in [0.15, 0.2) is 0 Å². The Balaban J connectivity index is 2.98. The summed E-state index contributed by atoms with van der Waals surface area (Å²) in [6.45, 7) is 5.19. The number of hydrogen-bond donors (Lipinski definition) is 1. The second-order valence-electron chi connectivity index (χ2n) is 5.71. The monoisotopic (exact) mass is 281 g/mol. The van der Waals surface area contributed by atoms with E-state index < -0.39 is 0 Å². The van der Waals surface area contributed by atoms with Crippen LogP contribution in [-0.2, 0) is 6.42 Å². The van der Waals surface area contributed by atoms with Crippen LogP contribution in [0.4, 0.5) is 0 Å². The molecule has 0 aliphatic carbocycles. The Hall–Kier alpha value is -1.42. The summed E-state index contributed by atoms with van der Waals surface area (Å²) in [5.41, 5.74) is 6.96. The van der Waals surface area contributed by atoms with Crippen molar-refractivity contribution in [2.75, 3.05) is 27.9 Å². The highest BCUT2D eigenvalue weighted by atomic mass is 16.5. The molecule has 4 heteroatoms. The van der Waals surface area contributed by atoms with Crippen molar-refractivity contribution < 1.29 is 14.2 Å². The number of nitrogens with two attached hydrogens (primary N) is 1. The van der Waals surface area contributed by atoms with E-state index in [1.165, 1.54) is 0 Å². The third kappa shape index (κ3) is 4.30. The van der Waals surface area contributed by atoms with Gasteiger partial charge in [0.1, 0.15) is 17.2 Å². The van der Waals surface area contributed by atoms with Crippen molar-refractivity contribution >= 4 is 0 Å². The molecule has 0 aliphatic rings. The van der Waals surface area contributed by atoms with E-state index in [0.717, 1.165) is 42.1 Å². The molecule has 2 N–H and O–H groups in total. The first-order chi connectivity index (χ1) is 9.47. The summed E-state index contributed by atoms with van der Waals surface area (Å²) in [4.78, 5) is 0. The van der Waals surface area contributed by atoms with Crippen LogP contribution >= 0.6 is 0 Å². The number of benzene rings is 1. The fraction of sp³-hybridized carbons (Fsp3) is 0.625. The molecule has 0 aromatic heterocycles. The number of rotatable bonds is 8. The topological polar surface area (TPSA) is 53.7 Å². The van der Waals surface area contributed by atoms with Gasteiger partial charge in [-0.05, 0) is 31.2 Å². The molecule has 1 rings (SSSR count). The molecule has 1 aromatic rings. The van der Waals surface area contributed by atoms with E-state index >= 15 is 0 Å². The van der Waals surface area contributed by atoms with Crippen LogP contribution in [-0.4, -0.2) is 27.9 Å². The van der Waals surface area contributed by atoms with E-state index in [0.29, 0.717) is 6.54 Å². The molecule has 0 spiro atoms. The van der Waals surface area contributed by atoms with Gasteiger partial charge < -0.3 is 19.9 Å². The van der Waals surface area contributed by atoms with E-state index in [-0.39, 0.29) is 5.41 Å². The lowest BCUT2D eigenvalue weighted by atomic mass is 9.83. The average Bonchev–Trinajstić information content (AvgIpc) is 2.44. The molecule has 0 amide bonds. The van der Waals surface area contributed by atoms with Crippen LogP contribution in [0.5, 0.6) is 17.2 Å². The van der Waals surface area contributed by atoms with Crippen LogP contribution in [0.1, 0.15) is 32.3 Å². The summed E-state index contributed by atoms with van der Waals surface area (Å²) >= 11 is 0. The Labute approximate surface area is 122 Å². The summed E-state index contributed by atoms with van der Waals surface area (Å²) in [6, 6.07) is 3.79. The number of methoxy groups -OCH3 is 3. The summed E-state index contributed by atoms with van der Waals surface area (Å²) in [5.74, 6) is 2.36. The Morgan fingerprint density at radius 1 is 0.950 bits per heavy atom. The number of hydrogen-bond acceptors (Lipinski definition) is 4. The van der Waals surface area contributed by atoms with Gasteiger partial charge in [-0.2, -0.15) is 0 Å². The molecule has 0 atom stereocenters. The minimum absolute atomic E-state index is 0.213. The Kier molecular flexibility index (Phi) is 6.14. The van der Waals surface area contributed by atoms with E-state index in [9.17, 15) is 0 Å². The second kappa shape index (κ2) is 7.39. The van der Waals surface area contributed by atoms with E-state index in [2.05, 4.69) is 13.8 Å². The Morgan fingerprint density at radius 3 is 1.90 bits per heavy atom. The van der Waals surface area contributed by atoms with Gasteiger partial charge in [0.2, 0.25) is 0 Å². The van der Waals surface area contributed by atoms with Crippen molar-refractivity contribution in [2.24, 2.45) is 11.1 Å². The zero-order valence-electron chi connectivity index (χ0n) is 13.3.